The monoisotopic (exact) mass is 418 g/mol. The van der Waals surface area contributed by atoms with Gasteiger partial charge in [-0.2, -0.15) is 9.98 Å². The lowest BCUT2D eigenvalue weighted by Gasteiger charge is -2.31. The van der Waals surface area contributed by atoms with E-state index in [1.807, 2.05) is 12.1 Å². The molecule has 0 bridgehead atoms. The van der Waals surface area contributed by atoms with Gasteiger partial charge in [-0.1, -0.05) is 42.5 Å². The van der Waals surface area contributed by atoms with Gasteiger partial charge in [0, 0.05) is 0 Å². The van der Waals surface area contributed by atoms with E-state index in [-0.39, 0.29) is 18.1 Å². The van der Waals surface area contributed by atoms with Crippen LogP contribution in [-0.2, 0) is 6.54 Å². The first kappa shape index (κ1) is 20.2. The van der Waals surface area contributed by atoms with Gasteiger partial charge in [-0.3, -0.25) is 4.90 Å². The van der Waals surface area contributed by atoms with E-state index in [1.54, 1.807) is 49.6 Å². The lowest BCUT2D eigenvalue weighted by molar-refractivity contribution is 0.226. The minimum absolute atomic E-state index is 0.00584. The number of hydrogen-bond donors (Lipinski definition) is 1. The summed E-state index contributed by atoms with van der Waals surface area (Å²) in [5.41, 5.74) is 1.28. The van der Waals surface area contributed by atoms with Crippen LogP contribution in [0.25, 0.3) is 0 Å². The Morgan fingerprint density at radius 2 is 2.06 bits per heavy atom. The molecular formula is C23H19FN4O3. The van der Waals surface area contributed by atoms with Crippen molar-refractivity contribution >= 4 is 29.3 Å². The number of amides is 4. The molecule has 0 aromatic heterocycles. The van der Waals surface area contributed by atoms with E-state index < -0.39 is 23.8 Å². The number of amidine groups is 1. The number of carbonyl (C=O) groups is 2. The lowest BCUT2D eigenvalue weighted by Crippen LogP contribution is -2.46. The van der Waals surface area contributed by atoms with Crippen LogP contribution in [0, 0.1) is 11.7 Å². The van der Waals surface area contributed by atoms with Crippen molar-refractivity contribution < 1.29 is 18.7 Å². The van der Waals surface area contributed by atoms with Crippen molar-refractivity contribution in [3.8, 4) is 5.75 Å². The number of allylic oxidation sites excluding steroid dienone is 3. The molecule has 4 amide bonds. The van der Waals surface area contributed by atoms with Crippen LogP contribution in [0.1, 0.15) is 5.56 Å². The van der Waals surface area contributed by atoms with Crippen molar-refractivity contribution in [3.05, 3.63) is 84.2 Å². The molecule has 0 fully saturated rings. The van der Waals surface area contributed by atoms with Gasteiger partial charge >= 0.3 is 12.1 Å². The molecule has 31 heavy (non-hydrogen) atoms. The zero-order chi connectivity index (χ0) is 21.8. The highest BCUT2D eigenvalue weighted by atomic mass is 19.1. The molecule has 0 saturated heterocycles. The van der Waals surface area contributed by atoms with Crippen LogP contribution in [0.4, 0.5) is 19.7 Å². The van der Waals surface area contributed by atoms with E-state index >= 15 is 0 Å². The van der Waals surface area contributed by atoms with Gasteiger partial charge < -0.3 is 10.1 Å². The number of urea groups is 2. The SMILES string of the molecule is COc1cccc(CN2C(=O)N=C3C=CC=CC3/C2=N/C(=O)Nc2ccccc2F)c1. The van der Waals surface area contributed by atoms with Gasteiger partial charge in [0.05, 0.1) is 31.0 Å². The summed E-state index contributed by atoms with van der Waals surface area (Å²) in [5, 5.41) is 2.43. The molecule has 0 saturated carbocycles. The first-order chi connectivity index (χ1) is 15.0. The number of benzene rings is 2. The molecule has 2 aromatic rings. The van der Waals surface area contributed by atoms with Crippen LogP contribution >= 0.6 is 0 Å². The van der Waals surface area contributed by atoms with Crippen LogP contribution in [-0.4, -0.2) is 35.6 Å². The van der Waals surface area contributed by atoms with Gasteiger partial charge in [-0.15, -0.1) is 0 Å². The van der Waals surface area contributed by atoms with Crippen molar-refractivity contribution in [1.29, 1.82) is 0 Å². The van der Waals surface area contributed by atoms with E-state index in [4.69, 9.17) is 4.74 Å². The lowest BCUT2D eigenvalue weighted by atomic mass is 9.94. The van der Waals surface area contributed by atoms with Crippen LogP contribution in [0.2, 0.25) is 0 Å². The third kappa shape index (κ3) is 4.42. The maximum absolute atomic E-state index is 13.9. The number of anilines is 1. The number of rotatable bonds is 4. The highest BCUT2D eigenvalue weighted by molar-refractivity contribution is 6.24. The smallest absolute Gasteiger partial charge is 0.349 e. The van der Waals surface area contributed by atoms with Crippen LogP contribution in [0.15, 0.2) is 82.8 Å². The molecule has 8 heteroatoms. The molecule has 2 aromatic carbocycles. The van der Waals surface area contributed by atoms with Gasteiger partial charge in [-0.25, -0.2) is 14.0 Å². The summed E-state index contributed by atoms with van der Waals surface area (Å²) in [4.78, 5) is 35.0. The summed E-state index contributed by atoms with van der Waals surface area (Å²) >= 11 is 0. The summed E-state index contributed by atoms with van der Waals surface area (Å²) in [6.07, 6.45) is 7.07. The molecule has 1 aliphatic carbocycles. The molecular weight excluding hydrogens is 399 g/mol. The maximum atomic E-state index is 13.9. The summed E-state index contributed by atoms with van der Waals surface area (Å²) < 4.78 is 19.2. The van der Waals surface area contributed by atoms with E-state index in [2.05, 4.69) is 15.3 Å². The largest absolute Gasteiger partial charge is 0.497 e. The van der Waals surface area contributed by atoms with Crippen molar-refractivity contribution in [2.45, 2.75) is 6.54 Å². The molecule has 1 N–H and O–H groups in total. The third-order valence-electron chi connectivity index (χ3n) is 4.82. The predicted octanol–water partition coefficient (Wildman–Crippen LogP) is 4.58. The topological polar surface area (TPSA) is 83.4 Å². The second-order valence-corrected chi connectivity index (χ2v) is 6.86. The van der Waals surface area contributed by atoms with E-state index in [1.165, 1.54) is 23.1 Å². The Balaban J connectivity index is 1.68. The number of fused-ring (bicyclic) bond motifs is 1. The van der Waals surface area contributed by atoms with Crippen molar-refractivity contribution in [1.82, 2.24) is 4.90 Å². The fraction of sp³-hybridized carbons (Fsp3) is 0.130. The van der Waals surface area contributed by atoms with Gasteiger partial charge in [0.25, 0.3) is 0 Å². The number of methoxy groups -OCH3 is 1. The molecule has 2 aliphatic rings. The van der Waals surface area contributed by atoms with E-state index in [0.717, 1.165) is 5.56 Å². The Morgan fingerprint density at radius 3 is 2.87 bits per heavy atom. The first-order valence-corrected chi connectivity index (χ1v) is 9.57. The molecule has 1 unspecified atom stereocenters. The minimum Gasteiger partial charge on any atom is -0.497 e. The zero-order valence-corrected chi connectivity index (χ0v) is 16.7. The minimum atomic E-state index is -0.784. The van der Waals surface area contributed by atoms with E-state index in [9.17, 15) is 14.0 Å². The highest BCUT2D eigenvalue weighted by Gasteiger charge is 2.34. The van der Waals surface area contributed by atoms with Gasteiger partial charge in [0.2, 0.25) is 0 Å². The van der Waals surface area contributed by atoms with Crippen LogP contribution < -0.4 is 10.1 Å². The molecule has 1 atom stereocenters. The Kier molecular flexibility index (Phi) is 5.70. The fourth-order valence-electron chi connectivity index (χ4n) is 3.34. The molecule has 7 nitrogen and oxygen atoms in total. The predicted molar refractivity (Wildman–Crippen MR) is 116 cm³/mol. The Hall–Kier alpha value is -4.07. The van der Waals surface area contributed by atoms with E-state index in [0.29, 0.717) is 11.5 Å². The van der Waals surface area contributed by atoms with Crippen molar-refractivity contribution in [3.63, 3.8) is 0 Å². The standard InChI is InChI=1S/C23H19FN4O3/c1-31-16-8-6-7-15(13-16)14-28-21(17-9-2-4-11-19(17)26-23(28)30)27-22(29)25-20-12-5-3-10-18(20)24/h2-13,17H,14H2,1H3,(H,25,29)/b27-21-. The number of ether oxygens (including phenoxy) is 1. The van der Waals surface area contributed by atoms with Crippen LogP contribution in [0.5, 0.6) is 5.75 Å². The van der Waals surface area contributed by atoms with Gasteiger partial charge in [0.15, 0.2) is 0 Å². The number of para-hydroxylation sites is 1. The summed E-state index contributed by atoms with van der Waals surface area (Å²) in [6, 6.07) is 11.7. The Morgan fingerprint density at radius 1 is 1.23 bits per heavy atom. The summed E-state index contributed by atoms with van der Waals surface area (Å²) in [6.45, 7) is 0.146. The first-order valence-electron chi connectivity index (χ1n) is 9.57. The average molecular weight is 418 g/mol. The average Bonchev–Trinajstić information content (AvgIpc) is 2.78. The molecule has 0 radical (unpaired) electrons. The highest BCUT2D eigenvalue weighted by Crippen LogP contribution is 2.24. The number of nitrogens with zero attached hydrogens (tertiary/aromatic N) is 3. The van der Waals surface area contributed by atoms with Crippen molar-refractivity contribution in [2.75, 3.05) is 12.4 Å². The number of hydrogen-bond acceptors (Lipinski definition) is 3. The normalized spacial score (nSPS) is 18.6. The second kappa shape index (κ2) is 8.74. The Labute approximate surface area is 178 Å². The molecule has 1 heterocycles. The number of aliphatic imine (C=N–C) groups is 2. The third-order valence-corrected chi connectivity index (χ3v) is 4.82. The second-order valence-electron chi connectivity index (χ2n) is 6.86. The molecule has 1 aliphatic heterocycles. The maximum Gasteiger partial charge on any atom is 0.349 e. The van der Waals surface area contributed by atoms with Crippen molar-refractivity contribution in [2.24, 2.45) is 15.9 Å². The Bertz CT molecular complexity index is 1150. The summed E-state index contributed by atoms with van der Waals surface area (Å²) in [7, 11) is 1.56. The number of carbonyl (C=O) groups excluding carboxylic acids is 2. The molecule has 4 rings (SSSR count). The quantitative estimate of drug-likeness (QED) is 0.789. The van der Waals surface area contributed by atoms with Crippen LogP contribution in [0.3, 0.4) is 0 Å². The fourth-order valence-corrected chi connectivity index (χ4v) is 3.34. The van der Waals surface area contributed by atoms with Gasteiger partial charge in [0.1, 0.15) is 17.4 Å². The number of halogens is 1. The number of nitrogens with one attached hydrogen (secondary N) is 1. The molecule has 156 valence electrons. The van der Waals surface area contributed by atoms with Gasteiger partial charge in [-0.05, 0) is 35.9 Å². The zero-order valence-electron chi connectivity index (χ0n) is 16.7. The summed E-state index contributed by atoms with van der Waals surface area (Å²) in [5.74, 6) is -0.193. The molecule has 0 spiro atoms.